The van der Waals surface area contributed by atoms with E-state index in [1.54, 1.807) is 0 Å². The first kappa shape index (κ1) is 93.1. The molecule has 0 saturated carbocycles. The lowest BCUT2D eigenvalue weighted by Gasteiger charge is -2.21. The summed E-state index contributed by atoms with van der Waals surface area (Å²) in [4.78, 5) is 72.7. The van der Waals surface area contributed by atoms with Crippen LogP contribution < -0.4 is 0 Å². The molecule has 0 bridgehead atoms. The molecular weight excluding hydrogens is 1250 g/mol. The summed E-state index contributed by atoms with van der Waals surface area (Å²) in [5, 5.41) is 10.6. The minimum Gasteiger partial charge on any atom is -0.462 e. The molecule has 19 heteroatoms. The number of rotatable bonds is 76. The van der Waals surface area contributed by atoms with Crippen LogP contribution in [0, 0.1) is 5.92 Å². The number of phosphoric acid groups is 2. The quantitative estimate of drug-likeness (QED) is 0.0222. The Balaban J connectivity index is 5.16. The second kappa shape index (κ2) is 69.2. The molecular formula is C76H148O17P2. The Labute approximate surface area is 581 Å². The zero-order valence-corrected chi connectivity index (χ0v) is 63.6. The highest BCUT2D eigenvalue weighted by molar-refractivity contribution is 7.47. The van der Waals surface area contributed by atoms with Crippen LogP contribution in [0.4, 0.5) is 0 Å². The third-order valence-electron chi connectivity index (χ3n) is 18.1. The Morgan fingerprint density at radius 2 is 0.505 bits per heavy atom. The maximum atomic E-state index is 13.1. The fourth-order valence-corrected chi connectivity index (χ4v) is 13.3. The lowest BCUT2D eigenvalue weighted by atomic mass is 9.99. The minimum absolute atomic E-state index is 0.105. The molecule has 0 amide bonds. The van der Waals surface area contributed by atoms with Crippen molar-refractivity contribution in [2.75, 3.05) is 39.6 Å². The fourth-order valence-electron chi connectivity index (χ4n) is 11.7. The summed E-state index contributed by atoms with van der Waals surface area (Å²) in [5.74, 6) is -1.35. The number of ether oxygens (including phenoxy) is 4. The van der Waals surface area contributed by atoms with Gasteiger partial charge in [0, 0.05) is 25.7 Å². The second-order valence-electron chi connectivity index (χ2n) is 27.6. The summed E-state index contributed by atoms with van der Waals surface area (Å²) in [6.45, 7) is 7.25. The van der Waals surface area contributed by atoms with Crippen molar-refractivity contribution in [3.8, 4) is 0 Å². The number of carbonyl (C=O) groups excluding carboxylic acids is 4. The SMILES string of the molecule is CCCCCCCCCCCCCCCCCCCCCCCCC(=O)O[C@H](COC(=O)CCCCCCCCCCCCCCC)COP(=O)(O)OC[C@@H](O)COP(=O)(O)OC[C@@H](COC(=O)CCCCCCCCCC)OC(=O)CCCCCCCCCCC(C)CC. The van der Waals surface area contributed by atoms with Gasteiger partial charge in [-0.2, -0.15) is 0 Å². The summed E-state index contributed by atoms with van der Waals surface area (Å²) in [6, 6.07) is 0. The zero-order chi connectivity index (χ0) is 69.8. The van der Waals surface area contributed by atoms with E-state index in [0.717, 1.165) is 102 Å². The first-order chi connectivity index (χ1) is 46.1. The average molecular weight is 1400 g/mol. The van der Waals surface area contributed by atoms with Crippen LogP contribution in [0.5, 0.6) is 0 Å². The predicted octanol–water partition coefficient (Wildman–Crippen LogP) is 22.5. The Hall–Kier alpha value is -1.94. The molecule has 0 spiro atoms. The van der Waals surface area contributed by atoms with Gasteiger partial charge in [0.2, 0.25) is 0 Å². The molecule has 95 heavy (non-hydrogen) atoms. The molecule has 0 aromatic rings. The molecule has 3 N–H and O–H groups in total. The monoisotopic (exact) mass is 1400 g/mol. The van der Waals surface area contributed by atoms with Crippen LogP contribution in [0.15, 0.2) is 0 Å². The molecule has 564 valence electrons. The molecule has 0 aliphatic heterocycles. The zero-order valence-electron chi connectivity index (χ0n) is 61.8. The third kappa shape index (κ3) is 69.0. The molecule has 3 unspecified atom stereocenters. The van der Waals surface area contributed by atoms with E-state index in [-0.39, 0.29) is 25.7 Å². The lowest BCUT2D eigenvalue weighted by molar-refractivity contribution is -0.161. The van der Waals surface area contributed by atoms with Gasteiger partial charge in [0.25, 0.3) is 0 Å². The van der Waals surface area contributed by atoms with Gasteiger partial charge in [0.1, 0.15) is 19.3 Å². The summed E-state index contributed by atoms with van der Waals surface area (Å²) in [6.07, 6.45) is 58.4. The van der Waals surface area contributed by atoms with Gasteiger partial charge in [-0.3, -0.25) is 37.3 Å². The summed E-state index contributed by atoms with van der Waals surface area (Å²) >= 11 is 0. The van der Waals surface area contributed by atoms with E-state index in [1.165, 1.54) is 218 Å². The van der Waals surface area contributed by atoms with Crippen LogP contribution in [0.2, 0.25) is 0 Å². The van der Waals surface area contributed by atoms with E-state index in [2.05, 4.69) is 34.6 Å². The normalized spacial score (nSPS) is 14.2. The van der Waals surface area contributed by atoms with Crippen LogP contribution >= 0.6 is 15.6 Å². The molecule has 0 aromatic carbocycles. The topological polar surface area (TPSA) is 237 Å². The molecule has 0 aliphatic rings. The van der Waals surface area contributed by atoms with Gasteiger partial charge in [0.15, 0.2) is 12.2 Å². The number of hydrogen-bond donors (Lipinski definition) is 3. The first-order valence-electron chi connectivity index (χ1n) is 39.7. The van der Waals surface area contributed by atoms with Crippen molar-refractivity contribution in [3.63, 3.8) is 0 Å². The first-order valence-corrected chi connectivity index (χ1v) is 42.7. The number of aliphatic hydroxyl groups is 1. The number of phosphoric ester groups is 2. The Bertz CT molecular complexity index is 1820. The van der Waals surface area contributed by atoms with Crippen LogP contribution in [-0.4, -0.2) is 96.7 Å². The standard InChI is InChI=1S/C76H148O17P2/c1-6-10-13-16-19-22-24-26-27-28-29-30-31-32-33-34-36-38-40-46-51-56-61-75(80)92-72(66-87-74(79)60-55-50-45-39-37-35-25-23-20-17-14-11-7-2)68-91-95(84,85)89-64-70(77)63-88-94(82,83)90-67-71(65-86-73(78)59-54-49-44-21-18-15-12-8-3)93-76(81)62-57-52-47-42-41-43-48-53-58-69(5)9-4/h69-72,77H,6-68H2,1-5H3,(H,82,83)(H,84,85)/t69?,70-,71+,72+/m0/s1. The molecule has 0 aromatic heterocycles. The summed E-state index contributed by atoms with van der Waals surface area (Å²) < 4.78 is 68.4. The highest BCUT2D eigenvalue weighted by Gasteiger charge is 2.30. The molecule has 6 atom stereocenters. The molecule has 0 rings (SSSR count). The average Bonchev–Trinajstić information content (AvgIpc) is 2.45. The van der Waals surface area contributed by atoms with E-state index < -0.39 is 97.5 Å². The van der Waals surface area contributed by atoms with Gasteiger partial charge >= 0.3 is 39.5 Å². The molecule has 17 nitrogen and oxygen atoms in total. The highest BCUT2D eigenvalue weighted by atomic mass is 31.2. The molecule has 0 aliphatic carbocycles. The van der Waals surface area contributed by atoms with Crippen molar-refractivity contribution in [2.45, 2.75) is 419 Å². The number of unbranched alkanes of at least 4 members (excludes halogenated alkanes) is 47. The molecule has 0 fully saturated rings. The van der Waals surface area contributed by atoms with Gasteiger partial charge in [-0.05, 0) is 31.6 Å². The smallest absolute Gasteiger partial charge is 0.462 e. The van der Waals surface area contributed by atoms with Gasteiger partial charge in [-0.1, -0.05) is 349 Å². The lowest BCUT2D eigenvalue weighted by Crippen LogP contribution is -2.30. The fraction of sp³-hybridized carbons (Fsp3) is 0.947. The van der Waals surface area contributed by atoms with Gasteiger partial charge < -0.3 is 33.8 Å². The van der Waals surface area contributed by atoms with Crippen molar-refractivity contribution in [3.05, 3.63) is 0 Å². The minimum atomic E-state index is -4.96. The number of carbonyl (C=O) groups is 4. The number of aliphatic hydroxyl groups excluding tert-OH is 1. The molecule has 0 saturated heterocycles. The number of esters is 4. The van der Waals surface area contributed by atoms with Gasteiger partial charge in [-0.25, -0.2) is 9.13 Å². The molecule has 0 heterocycles. The van der Waals surface area contributed by atoms with E-state index in [1.807, 2.05) is 0 Å². The van der Waals surface area contributed by atoms with Crippen molar-refractivity contribution >= 4 is 39.5 Å². The maximum absolute atomic E-state index is 13.1. The van der Waals surface area contributed by atoms with Gasteiger partial charge in [-0.15, -0.1) is 0 Å². The Morgan fingerprint density at radius 3 is 0.747 bits per heavy atom. The van der Waals surface area contributed by atoms with Crippen LogP contribution in [0.3, 0.4) is 0 Å². The third-order valence-corrected chi connectivity index (χ3v) is 20.0. The largest absolute Gasteiger partial charge is 0.472 e. The van der Waals surface area contributed by atoms with Crippen molar-refractivity contribution < 1.29 is 80.2 Å². The van der Waals surface area contributed by atoms with E-state index >= 15 is 0 Å². The van der Waals surface area contributed by atoms with Gasteiger partial charge in [0.05, 0.1) is 26.4 Å². The van der Waals surface area contributed by atoms with Crippen LogP contribution in [0.25, 0.3) is 0 Å². The van der Waals surface area contributed by atoms with Crippen LogP contribution in [-0.2, 0) is 65.4 Å². The predicted molar refractivity (Wildman–Crippen MR) is 386 cm³/mol. The Kier molecular flexibility index (Phi) is 67.7. The maximum Gasteiger partial charge on any atom is 0.472 e. The van der Waals surface area contributed by atoms with E-state index in [0.29, 0.717) is 25.7 Å². The second-order valence-corrected chi connectivity index (χ2v) is 30.5. The van der Waals surface area contributed by atoms with Crippen LogP contribution in [0.1, 0.15) is 401 Å². The summed E-state index contributed by atoms with van der Waals surface area (Å²) in [5.41, 5.74) is 0. The summed E-state index contributed by atoms with van der Waals surface area (Å²) in [7, 11) is -9.90. The molecule has 0 radical (unpaired) electrons. The number of hydrogen-bond acceptors (Lipinski definition) is 15. The van der Waals surface area contributed by atoms with E-state index in [9.17, 15) is 43.2 Å². The Morgan fingerprint density at radius 1 is 0.295 bits per heavy atom. The van der Waals surface area contributed by atoms with Crippen molar-refractivity contribution in [2.24, 2.45) is 5.92 Å². The van der Waals surface area contributed by atoms with E-state index in [4.69, 9.17) is 37.0 Å². The van der Waals surface area contributed by atoms with Crippen molar-refractivity contribution in [1.29, 1.82) is 0 Å². The van der Waals surface area contributed by atoms with Crippen molar-refractivity contribution in [1.82, 2.24) is 0 Å². The highest BCUT2D eigenvalue weighted by Crippen LogP contribution is 2.45.